The van der Waals surface area contributed by atoms with E-state index in [0.717, 1.165) is 0 Å². The van der Waals surface area contributed by atoms with Gasteiger partial charge in [-0.2, -0.15) is 0 Å². The van der Waals surface area contributed by atoms with Crippen LogP contribution in [0.3, 0.4) is 0 Å². The van der Waals surface area contributed by atoms with Gasteiger partial charge in [0, 0.05) is 19.2 Å². The second kappa shape index (κ2) is 6.43. The first-order valence-corrected chi connectivity index (χ1v) is 6.63. The van der Waals surface area contributed by atoms with E-state index in [2.05, 4.69) is 5.32 Å². The number of amides is 2. The van der Waals surface area contributed by atoms with Crippen LogP contribution in [-0.2, 0) is 4.79 Å². The van der Waals surface area contributed by atoms with E-state index < -0.39 is 23.7 Å². The summed E-state index contributed by atoms with van der Waals surface area (Å²) in [6.45, 7) is 0.683. The number of piperidine rings is 1. The third-order valence-electron chi connectivity index (χ3n) is 3.55. The Morgan fingerprint density at radius 3 is 2.62 bits per heavy atom. The summed E-state index contributed by atoms with van der Waals surface area (Å²) >= 11 is 0. The Morgan fingerprint density at radius 2 is 2.05 bits per heavy atom. The molecule has 7 heteroatoms. The van der Waals surface area contributed by atoms with Crippen LogP contribution in [0.1, 0.15) is 12.8 Å². The van der Waals surface area contributed by atoms with Crippen LogP contribution in [0, 0.1) is 11.7 Å². The molecule has 6 nitrogen and oxygen atoms in total. The number of aliphatic carboxylic acids is 1. The fourth-order valence-electron chi connectivity index (χ4n) is 2.25. The average Bonchev–Trinajstić information content (AvgIpc) is 2.49. The second-order valence-electron chi connectivity index (χ2n) is 4.88. The maximum Gasteiger partial charge on any atom is 0.321 e. The fraction of sp³-hybridized carbons (Fsp3) is 0.429. The van der Waals surface area contributed by atoms with Gasteiger partial charge in [-0.25, -0.2) is 9.18 Å². The van der Waals surface area contributed by atoms with E-state index >= 15 is 0 Å². The van der Waals surface area contributed by atoms with Gasteiger partial charge < -0.3 is 20.1 Å². The number of nitrogens with zero attached hydrogens (tertiary/aromatic N) is 1. The number of hydrogen-bond acceptors (Lipinski definition) is 3. The van der Waals surface area contributed by atoms with Crippen molar-refractivity contribution in [3.63, 3.8) is 0 Å². The molecule has 2 N–H and O–H groups in total. The largest absolute Gasteiger partial charge is 0.497 e. The molecule has 2 amide bonds. The van der Waals surface area contributed by atoms with Gasteiger partial charge in [-0.05, 0) is 25.0 Å². The molecule has 1 aromatic carbocycles. The zero-order chi connectivity index (χ0) is 15.4. The summed E-state index contributed by atoms with van der Waals surface area (Å²) in [6.07, 6.45) is 0.812. The van der Waals surface area contributed by atoms with Crippen molar-refractivity contribution < 1.29 is 23.8 Å². The molecule has 0 aliphatic carbocycles. The lowest BCUT2D eigenvalue weighted by atomic mass is 9.97. The highest BCUT2D eigenvalue weighted by molar-refractivity contribution is 5.89. The van der Waals surface area contributed by atoms with Crippen LogP contribution in [0.25, 0.3) is 0 Å². The number of hydrogen-bond donors (Lipinski definition) is 2. The zero-order valence-corrected chi connectivity index (χ0v) is 11.6. The van der Waals surface area contributed by atoms with Crippen LogP contribution in [0.4, 0.5) is 14.9 Å². The van der Waals surface area contributed by atoms with Gasteiger partial charge in [0.2, 0.25) is 0 Å². The Bertz CT molecular complexity index is 542. The molecule has 0 radical (unpaired) electrons. The lowest BCUT2D eigenvalue weighted by molar-refractivity contribution is -0.143. The number of urea groups is 1. The van der Waals surface area contributed by atoms with Crippen LogP contribution in [0.2, 0.25) is 0 Å². The molecule has 21 heavy (non-hydrogen) atoms. The molecule has 1 aliphatic rings. The molecular weight excluding hydrogens is 279 g/mol. The summed E-state index contributed by atoms with van der Waals surface area (Å²) < 4.78 is 18.6. The highest BCUT2D eigenvalue weighted by atomic mass is 19.1. The molecule has 1 saturated heterocycles. The van der Waals surface area contributed by atoms with Gasteiger partial charge in [-0.3, -0.25) is 4.79 Å². The minimum atomic E-state index is -0.839. The SMILES string of the molecule is COc1ccc(F)c(NC(=O)N2CCC(C(=O)O)CC2)c1. The Kier molecular flexibility index (Phi) is 4.62. The Hall–Kier alpha value is -2.31. The third-order valence-corrected chi connectivity index (χ3v) is 3.55. The third kappa shape index (κ3) is 3.62. The van der Waals surface area contributed by atoms with E-state index in [-0.39, 0.29) is 5.69 Å². The molecule has 2 rings (SSSR count). The number of carboxylic acids is 1. The van der Waals surface area contributed by atoms with Crippen molar-refractivity contribution in [3.8, 4) is 5.75 Å². The van der Waals surface area contributed by atoms with Crippen molar-refractivity contribution in [1.82, 2.24) is 4.90 Å². The van der Waals surface area contributed by atoms with Crippen LogP contribution in [0.5, 0.6) is 5.75 Å². The smallest absolute Gasteiger partial charge is 0.321 e. The number of halogens is 1. The van der Waals surface area contributed by atoms with E-state index in [1.165, 1.54) is 30.2 Å². The number of anilines is 1. The summed E-state index contributed by atoms with van der Waals surface area (Å²) in [6, 6.07) is 3.64. The molecule has 114 valence electrons. The Morgan fingerprint density at radius 1 is 1.38 bits per heavy atom. The molecule has 0 unspecified atom stereocenters. The average molecular weight is 296 g/mol. The topological polar surface area (TPSA) is 78.9 Å². The predicted octanol–water partition coefficient (Wildman–Crippen LogP) is 2.16. The van der Waals surface area contributed by atoms with Gasteiger partial charge >= 0.3 is 12.0 Å². The number of methoxy groups -OCH3 is 1. The quantitative estimate of drug-likeness (QED) is 0.896. The number of rotatable bonds is 3. The van der Waals surface area contributed by atoms with Gasteiger partial charge in [0.25, 0.3) is 0 Å². The normalized spacial score (nSPS) is 15.6. The van der Waals surface area contributed by atoms with Crippen molar-refractivity contribution in [2.45, 2.75) is 12.8 Å². The predicted molar refractivity (Wildman–Crippen MR) is 73.9 cm³/mol. The molecule has 0 bridgehead atoms. The summed E-state index contributed by atoms with van der Waals surface area (Å²) in [5.41, 5.74) is 0.0414. The molecule has 1 fully saturated rings. The molecule has 1 aliphatic heterocycles. The number of carbonyl (C=O) groups is 2. The van der Waals surface area contributed by atoms with Crippen molar-refractivity contribution in [3.05, 3.63) is 24.0 Å². The first-order valence-electron chi connectivity index (χ1n) is 6.63. The molecule has 1 heterocycles. The standard InChI is InChI=1S/C14H17FN2O4/c1-21-10-2-3-11(15)12(8-10)16-14(20)17-6-4-9(5-7-17)13(18)19/h2-3,8-9H,4-7H2,1H3,(H,16,20)(H,18,19). The van der Waals surface area contributed by atoms with E-state index in [0.29, 0.717) is 31.7 Å². The fourth-order valence-corrected chi connectivity index (χ4v) is 2.25. The van der Waals surface area contributed by atoms with E-state index in [1.807, 2.05) is 0 Å². The van der Waals surface area contributed by atoms with Crippen molar-refractivity contribution >= 4 is 17.7 Å². The van der Waals surface area contributed by atoms with E-state index in [4.69, 9.17) is 9.84 Å². The minimum Gasteiger partial charge on any atom is -0.497 e. The Labute approximate surface area is 121 Å². The molecule has 1 aromatic rings. The number of benzene rings is 1. The van der Waals surface area contributed by atoms with Crippen molar-refractivity contribution in [2.75, 3.05) is 25.5 Å². The highest BCUT2D eigenvalue weighted by Gasteiger charge is 2.27. The van der Waals surface area contributed by atoms with E-state index in [9.17, 15) is 14.0 Å². The number of carboxylic acid groups (broad SMARTS) is 1. The Balaban J connectivity index is 1.98. The number of ether oxygens (including phenoxy) is 1. The van der Waals surface area contributed by atoms with Crippen LogP contribution in [0.15, 0.2) is 18.2 Å². The van der Waals surface area contributed by atoms with Crippen LogP contribution < -0.4 is 10.1 Å². The van der Waals surface area contributed by atoms with Gasteiger partial charge in [0.05, 0.1) is 18.7 Å². The van der Waals surface area contributed by atoms with Crippen LogP contribution in [-0.4, -0.2) is 42.2 Å². The first-order chi connectivity index (χ1) is 10.0. The summed E-state index contributed by atoms with van der Waals surface area (Å²) in [5, 5.41) is 11.4. The zero-order valence-electron chi connectivity index (χ0n) is 11.6. The summed E-state index contributed by atoms with van der Waals surface area (Å²) in [5.74, 6) is -1.36. The lowest BCUT2D eigenvalue weighted by Gasteiger charge is -2.30. The molecule has 0 spiro atoms. The molecule has 0 aromatic heterocycles. The van der Waals surface area contributed by atoms with Gasteiger partial charge in [-0.15, -0.1) is 0 Å². The molecule has 0 atom stereocenters. The van der Waals surface area contributed by atoms with Gasteiger partial charge in [0.1, 0.15) is 11.6 Å². The second-order valence-corrected chi connectivity index (χ2v) is 4.88. The maximum atomic E-state index is 13.6. The molecular formula is C14H17FN2O4. The van der Waals surface area contributed by atoms with Gasteiger partial charge in [-0.1, -0.05) is 0 Å². The first kappa shape index (κ1) is 15.1. The lowest BCUT2D eigenvalue weighted by Crippen LogP contribution is -2.42. The van der Waals surface area contributed by atoms with Crippen molar-refractivity contribution in [1.29, 1.82) is 0 Å². The minimum absolute atomic E-state index is 0.0414. The van der Waals surface area contributed by atoms with Crippen molar-refractivity contribution in [2.24, 2.45) is 5.92 Å². The summed E-state index contributed by atoms with van der Waals surface area (Å²) in [4.78, 5) is 24.4. The monoisotopic (exact) mass is 296 g/mol. The summed E-state index contributed by atoms with van der Waals surface area (Å²) in [7, 11) is 1.45. The number of carbonyl (C=O) groups excluding carboxylic acids is 1. The van der Waals surface area contributed by atoms with E-state index in [1.54, 1.807) is 0 Å². The highest BCUT2D eigenvalue weighted by Crippen LogP contribution is 2.23. The number of likely N-dealkylation sites (tertiary alicyclic amines) is 1. The van der Waals surface area contributed by atoms with Gasteiger partial charge in [0.15, 0.2) is 0 Å². The number of nitrogens with one attached hydrogen (secondary N) is 1. The maximum absolute atomic E-state index is 13.6. The molecule has 0 saturated carbocycles. The van der Waals surface area contributed by atoms with Crippen LogP contribution >= 0.6 is 0 Å².